The van der Waals surface area contributed by atoms with Crippen molar-refractivity contribution in [1.29, 1.82) is 0 Å². The third-order valence-corrected chi connectivity index (χ3v) is 5.63. The molecular weight excluding hydrogens is 410 g/mol. The third-order valence-electron chi connectivity index (χ3n) is 4.07. The van der Waals surface area contributed by atoms with Crippen LogP contribution in [0.15, 0.2) is 19.4 Å². The van der Waals surface area contributed by atoms with E-state index in [0.29, 0.717) is 36.1 Å². The SMILES string of the molecule is CC(C)(C)OC(=O)N1CCC(n2c(=O)[nH]c3sc(Br)cc3c2=O)CC1. The van der Waals surface area contributed by atoms with Crippen molar-refractivity contribution in [3.05, 3.63) is 30.7 Å². The summed E-state index contributed by atoms with van der Waals surface area (Å²) in [6.07, 6.45) is 0.724. The Morgan fingerprint density at radius 2 is 1.96 bits per heavy atom. The molecule has 3 rings (SSSR count). The van der Waals surface area contributed by atoms with Crippen LogP contribution in [0.5, 0.6) is 0 Å². The molecule has 3 heterocycles. The number of halogens is 1. The van der Waals surface area contributed by atoms with Crippen molar-refractivity contribution < 1.29 is 9.53 Å². The average molecular weight is 430 g/mol. The van der Waals surface area contributed by atoms with Crippen molar-refractivity contribution in [2.45, 2.75) is 45.3 Å². The highest BCUT2D eigenvalue weighted by atomic mass is 79.9. The summed E-state index contributed by atoms with van der Waals surface area (Å²) in [5.41, 5.74) is -1.22. The number of ether oxygens (including phenoxy) is 1. The van der Waals surface area contributed by atoms with E-state index < -0.39 is 11.3 Å². The summed E-state index contributed by atoms with van der Waals surface area (Å²) in [6.45, 7) is 6.38. The topological polar surface area (TPSA) is 84.4 Å². The van der Waals surface area contributed by atoms with E-state index in [9.17, 15) is 14.4 Å². The molecule has 0 bridgehead atoms. The number of carbonyl (C=O) groups excluding carboxylic acids is 1. The molecule has 0 spiro atoms. The number of thiophene rings is 1. The van der Waals surface area contributed by atoms with Crippen LogP contribution in [0.1, 0.15) is 39.7 Å². The Kier molecular flexibility index (Phi) is 4.80. The molecule has 0 atom stereocenters. The minimum absolute atomic E-state index is 0.224. The van der Waals surface area contributed by atoms with Gasteiger partial charge in [0.15, 0.2) is 0 Å². The van der Waals surface area contributed by atoms with Crippen molar-refractivity contribution in [1.82, 2.24) is 14.5 Å². The maximum atomic E-state index is 12.7. The first kappa shape index (κ1) is 18.2. The summed E-state index contributed by atoms with van der Waals surface area (Å²) in [5, 5.41) is 0.506. The van der Waals surface area contributed by atoms with Crippen molar-refractivity contribution in [2.75, 3.05) is 13.1 Å². The molecule has 1 aliphatic rings. The number of aromatic nitrogens is 2. The van der Waals surface area contributed by atoms with Crippen LogP contribution in [0.3, 0.4) is 0 Å². The minimum Gasteiger partial charge on any atom is -0.444 e. The predicted octanol–water partition coefficient (Wildman–Crippen LogP) is 3.09. The van der Waals surface area contributed by atoms with Gasteiger partial charge in [-0.25, -0.2) is 9.59 Å². The van der Waals surface area contributed by atoms with Gasteiger partial charge in [0.1, 0.15) is 10.4 Å². The number of nitrogens with one attached hydrogen (secondary N) is 1. The van der Waals surface area contributed by atoms with Crippen molar-refractivity contribution in [3.63, 3.8) is 0 Å². The number of amides is 1. The predicted molar refractivity (Wildman–Crippen MR) is 100 cm³/mol. The third kappa shape index (κ3) is 3.82. The molecule has 1 N–H and O–H groups in total. The number of likely N-dealkylation sites (tertiary alicyclic amines) is 1. The van der Waals surface area contributed by atoms with Crippen LogP contribution < -0.4 is 11.2 Å². The van der Waals surface area contributed by atoms with Gasteiger partial charge in [-0.1, -0.05) is 0 Å². The summed E-state index contributed by atoms with van der Waals surface area (Å²) < 4.78 is 7.46. The number of H-pyrrole nitrogens is 1. The molecule has 1 aliphatic heterocycles. The first-order valence-electron chi connectivity index (χ1n) is 8.07. The largest absolute Gasteiger partial charge is 0.444 e. The molecule has 7 nitrogen and oxygen atoms in total. The zero-order valence-electron chi connectivity index (χ0n) is 14.3. The van der Waals surface area contributed by atoms with Crippen molar-refractivity contribution in [3.8, 4) is 0 Å². The number of hydrogen-bond donors (Lipinski definition) is 1. The molecule has 2 aromatic rings. The van der Waals surface area contributed by atoms with E-state index in [1.807, 2.05) is 20.8 Å². The molecule has 0 unspecified atom stereocenters. The van der Waals surface area contributed by atoms with Gasteiger partial charge in [-0.05, 0) is 55.6 Å². The Morgan fingerprint density at radius 3 is 2.56 bits per heavy atom. The van der Waals surface area contributed by atoms with Gasteiger partial charge in [-0.15, -0.1) is 11.3 Å². The number of piperidine rings is 1. The second-order valence-electron chi connectivity index (χ2n) is 7.10. The molecule has 1 amide bonds. The van der Waals surface area contributed by atoms with Gasteiger partial charge in [0, 0.05) is 19.1 Å². The number of rotatable bonds is 1. The highest BCUT2D eigenvalue weighted by molar-refractivity contribution is 9.11. The lowest BCUT2D eigenvalue weighted by Crippen LogP contribution is -2.46. The summed E-state index contributed by atoms with van der Waals surface area (Å²) in [5.74, 6) is 0. The van der Waals surface area contributed by atoms with Gasteiger partial charge in [-0.3, -0.25) is 14.3 Å². The van der Waals surface area contributed by atoms with Crippen LogP contribution >= 0.6 is 27.3 Å². The van der Waals surface area contributed by atoms with Crippen LogP contribution in [0.4, 0.5) is 4.79 Å². The van der Waals surface area contributed by atoms with E-state index in [0.717, 1.165) is 3.79 Å². The fraction of sp³-hybridized carbons (Fsp3) is 0.562. The van der Waals surface area contributed by atoms with E-state index in [4.69, 9.17) is 4.74 Å². The van der Waals surface area contributed by atoms with Gasteiger partial charge >= 0.3 is 11.8 Å². The maximum absolute atomic E-state index is 12.7. The summed E-state index contributed by atoms with van der Waals surface area (Å²) >= 11 is 4.67. The van der Waals surface area contributed by atoms with Gasteiger partial charge < -0.3 is 9.64 Å². The molecule has 9 heteroatoms. The first-order valence-corrected chi connectivity index (χ1v) is 9.68. The van der Waals surface area contributed by atoms with Gasteiger partial charge in [0.05, 0.1) is 9.17 Å². The second-order valence-corrected chi connectivity index (χ2v) is 9.53. The quantitative estimate of drug-likeness (QED) is 0.754. The van der Waals surface area contributed by atoms with Gasteiger partial charge in [0.2, 0.25) is 0 Å². The Balaban J connectivity index is 1.80. The average Bonchev–Trinajstić information content (AvgIpc) is 2.87. The second kappa shape index (κ2) is 6.60. The highest BCUT2D eigenvalue weighted by Crippen LogP contribution is 2.26. The lowest BCUT2D eigenvalue weighted by Gasteiger charge is -2.33. The minimum atomic E-state index is -0.542. The summed E-state index contributed by atoms with van der Waals surface area (Å²) in [4.78, 5) is 42.2. The van der Waals surface area contributed by atoms with Crippen LogP contribution in [0.2, 0.25) is 0 Å². The van der Waals surface area contributed by atoms with E-state index in [-0.39, 0.29) is 17.7 Å². The standard InChI is InChI=1S/C16H20BrN3O4S/c1-16(2,3)24-15(23)19-6-4-9(5-7-19)20-13(21)10-8-11(17)25-12(10)18-14(20)22/h8-9H,4-7H2,1-3H3,(H,18,22). The first-order chi connectivity index (χ1) is 11.7. The highest BCUT2D eigenvalue weighted by Gasteiger charge is 2.29. The zero-order chi connectivity index (χ0) is 18.4. The summed E-state index contributed by atoms with van der Waals surface area (Å²) in [6, 6.07) is 1.50. The number of aromatic amines is 1. The normalized spacial score (nSPS) is 16.4. The van der Waals surface area contributed by atoms with E-state index in [2.05, 4.69) is 20.9 Å². The summed E-state index contributed by atoms with van der Waals surface area (Å²) in [7, 11) is 0. The van der Waals surface area contributed by atoms with E-state index in [1.165, 1.54) is 15.9 Å². The van der Waals surface area contributed by atoms with Crippen LogP contribution in [-0.4, -0.2) is 39.2 Å². The monoisotopic (exact) mass is 429 g/mol. The van der Waals surface area contributed by atoms with Crippen LogP contribution in [0.25, 0.3) is 10.2 Å². The van der Waals surface area contributed by atoms with Crippen molar-refractivity contribution >= 4 is 43.6 Å². The fourth-order valence-corrected chi connectivity index (χ4v) is 4.44. The maximum Gasteiger partial charge on any atom is 0.410 e. The molecule has 1 saturated heterocycles. The molecule has 0 aromatic carbocycles. The smallest absolute Gasteiger partial charge is 0.410 e. The molecular formula is C16H20BrN3O4S. The zero-order valence-corrected chi connectivity index (χ0v) is 16.7. The van der Waals surface area contributed by atoms with E-state index in [1.54, 1.807) is 11.0 Å². The van der Waals surface area contributed by atoms with Crippen molar-refractivity contribution in [2.24, 2.45) is 0 Å². The number of fused-ring (bicyclic) bond motifs is 1. The molecule has 0 radical (unpaired) electrons. The molecule has 1 fully saturated rings. The van der Waals surface area contributed by atoms with E-state index >= 15 is 0 Å². The fourth-order valence-electron chi connectivity index (χ4n) is 2.96. The Morgan fingerprint density at radius 1 is 1.32 bits per heavy atom. The molecule has 0 saturated carbocycles. The Hall–Kier alpha value is -1.61. The molecule has 136 valence electrons. The number of carbonyl (C=O) groups is 1. The molecule has 0 aliphatic carbocycles. The number of hydrogen-bond acceptors (Lipinski definition) is 5. The van der Waals surface area contributed by atoms with Crippen LogP contribution in [0, 0.1) is 0 Å². The Labute approximate surface area is 156 Å². The molecule has 25 heavy (non-hydrogen) atoms. The molecule has 2 aromatic heterocycles. The lowest BCUT2D eigenvalue weighted by molar-refractivity contribution is 0.0186. The van der Waals surface area contributed by atoms with Gasteiger partial charge in [-0.2, -0.15) is 0 Å². The van der Waals surface area contributed by atoms with Gasteiger partial charge in [0.25, 0.3) is 5.56 Å². The number of nitrogens with zero attached hydrogens (tertiary/aromatic N) is 2. The van der Waals surface area contributed by atoms with Crippen LogP contribution in [-0.2, 0) is 4.74 Å². The lowest BCUT2D eigenvalue weighted by atomic mass is 10.1. The Bertz CT molecular complexity index is 916.